The van der Waals surface area contributed by atoms with Crippen LogP contribution in [0.25, 0.3) is 11.3 Å². The van der Waals surface area contributed by atoms with Crippen molar-refractivity contribution in [3.63, 3.8) is 0 Å². The van der Waals surface area contributed by atoms with E-state index in [0.29, 0.717) is 35.9 Å². The van der Waals surface area contributed by atoms with E-state index in [1.54, 1.807) is 23.1 Å². The first-order chi connectivity index (χ1) is 16.3. The summed E-state index contributed by atoms with van der Waals surface area (Å²) >= 11 is 0. The van der Waals surface area contributed by atoms with E-state index in [2.05, 4.69) is 10.2 Å². The first-order valence-corrected chi connectivity index (χ1v) is 11.2. The number of nitrogens with zero attached hydrogens (tertiary/aromatic N) is 3. The number of carbonyl (C=O) groups excluding carboxylic acids is 1. The maximum atomic E-state index is 13.4. The summed E-state index contributed by atoms with van der Waals surface area (Å²) in [7, 11) is 0. The molecule has 1 atom stereocenters. The number of nitrogens with two attached hydrogens (primary N) is 1. The number of alkyl halides is 3. The molecule has 5 rings (SSSR count). The number of piperidine rings is 1. The largest absolute Gasteiger partial charge is 0.416 e. The van der Waals surface area contributed by atoms with E-state index < -0.39 is 11.7 Å². The number of aromatic nitrogens is 1. The molecule has 0 saturated carbocycles. The number of hydrogen-bond acceptors (Lipinski definition) is 4. The fourth-order valence-corrected chi connectivity index (χ4v) is 4.66. The predicted molar refractivity (Wildman–Crippen MR) is 126 cm³/mol. The third-order valence-corrected chi connectivity index (χ3v) is 6.30. The Morgan fingerprint density at radius 3 is 2.74 bits per heavy atom. The van der Waals surface area contributed by atoms with Crippen molar-refractivity contribution in [1.82, 2.24) is 4.98 Å². The van der Waals surface area contributed by atoms with Gasteiger partial charge in [0, 0.05) is 30.9 Å². The van der Waals surface area contributed by atoms with Crippen LogP contribution < -0.4 is 20.9 Å². The quantitative estimate of drug-likeness (QED) is 0.552. The highest BCUT2D eigenvalue weighted by Crippen LogP contribution is 2.40. The van der Waals surface area contributed by atoms with Gasteiger partial charge in [0.2, 0.25) is 0 Å². The van der Waals surface area contributed by atoms with E-state index in [0.717, 1.165) is 42.8 Å². The molecule has 2 amide bonds. The van der Waals surface area contributed by atoms with Crippen LogP contribution in [-0.4, -0.2) is 30.1 Å². The summed E-state index contributed by atoms with van der Waals surface area (Å²) in [5.41, 5.74) is 8.04. The Balaban J connectivity index is 1.53. The normalized spacial score (nSPS) is 17.4. The van der Waals surface area contributed by atoms with E-state index >= 15 is 0 Å². The first kappa shape index (κ1) is 22.2. The van der Waals surface area contributed by atoms with Gasteiger partial charge in [-0.05, 0) is 54.8 Å². The highest BCUT2D eigenvalue weighted by Gasteiger charge is 2.38. The van der Waals surface area contributed by atoms with Gasteiger partial charge in [-0.1, -0.05) is 24.3 Å². The number of rotatable bonds is 3. The fraction of sp³-hybridized carbons (Fsp3) is 0.280. The van der Waals surface area contributed by atoms with Crippen molar-refractivity contribution in [3.05, 3.63) is 71.8 Å². The van der Waals surface area contributed by atoms with Gasteiger partial charge >= 0.3 is 12.2 Å². The van der Waals surface area contributed by atoms with Crippen LogP contribution >= 0.6 is 0 Å². The lowest BCUT2D eigenvalue weighted by atomic mass is 9.99. The molecule has 6 nitrogen and oxygen atoms in total. The zero-order valence-electron chi connectivity index (χ0n) is 18.3. The molecule has 0 radical (unpaired) electrons. The standard InChI is InChI=1S/C25H24F3N5O/c26-25(27,28)18-6-2-5-17(13-18)21-9-10-22-23(31-21)33(20-8-3-11-32(22)15-20)24(34)30-19-7-1-4-16(12-19)14-29/h1-2,4-7,9-10,12-13,20H,3,8,11,14-15,29H2,(H,30,34)/t20-/m0/s1. The maximum absolute atomic E-state index is 13.4. The summed E-state index contributed by atoms with van der Waals surface area (Å²) in [6.45, 7) is 1.89. The van der Waals surface area contributed by atoms with Crippen LogP contribution in [0.3, 0.4) is 0 Å². The summed E-state index contributed by atoms with van der Waals surface area (Å²) < 4.78 is 39.7. The molecule has 3 heterocycles. The molecule has 9 heteroatoms. The Hall–Kier alpha value is -3.59. The molecule has 0 spiro atoms. The summed E-state index contributed by atoms with van der Waals surface area (Å²) in [6, 6.07) is 15.6. The second-order valence-corrected chi connectivity index (χ2v) is 8.56. The second kappa shape index (κ2) is 8.64. The monoisotopic (exact) mass is 467 g/mol. The van der Waals surface area contributed by atoms with Gasteiger partial charge in [0.1, 0.15) is 0 Å². The molecular weight excluding hydrogens is 443 g/mol. The van der Waals surface area contributed by atoms with Crippen LogP contribution in [0.5, 0.6) is 0 Å². The maximum Gasteiger partial charge on any atom is 0.416 e. The van der Waals surface area contributed by atoms with Crippen molar-refractivity contribution in [2.45, 2.75) is 31.6 Å². The summed E-state index contributed by atoms with van der Waals surface area (Å²) in [5, 5.41) is 2.94. The van der Waals surface area contributed by atoms with Crippen molar-refractivity contribution in [2.24, 2.45) is 5.73 Å². The number of amides is 2. The number of fused-ring (bicyclic) bond motifs is 4. The summed E-state index contributed by atoms with van der Waals surface area (Å²) in [4.78, 5) is 22.0. The van der Waals surface area contributed by atoms with Crippen molar-refractivity contribution < 1.29 is 18.0 Å². The number of benzene rings is 2. The minimum absolute atomic E-state index is 0.0804. The molecule has 2 aliphatic rings. The van der Waals surface area contributed by atoms with Gasteiger partial charge in [-0.25, -0.2) is 9.78 Å². The molecule has 1 saturated heterocycles. The summed E-state index contributed by atoms with van der Waals surface area (Å²) in [6.07, 6.45) is -2.69. The van der Waals surface area contributed by atoms with Gasteiger partial charge in [0.15, 0.2) is 5.82 Å². The molecule has 176 valence electrons. The van der Waals surface area contributed by atoms with Crippen LogP contribution in [0.15, 0.2) is 60.7 Å². The minimum atomic E-state index is -4.45. The van der Waals surface area contributed by atoms with Crippen LogP contribution in [0.1, 0.15) is 24.0 Å². The number of hydrogen-bond donors (Lipinski definition) is 2. The molecule has 1 fully saturated rings. The Kier molecular flexibility index (Phi) is 5.65. The zero-order chi connectivity index (χ0) is 23.9. The molecular formula is C25H24F3N5O. The van der Waals surface area contributed by atoms with Gasteiger partial charge in [-0.2, -0.15) is 13.2 Å². The van der Waals surface area contributed by atoms with E-state index in [-0.39, 0.29) is 12.1 Å². The highest BCUT2D eigenvalue weighted by molar-refractivity contribution is 6.04. The second-order valence-electron chi connectivity index (χ2n) is 8.56. The molecule has 3 N–H and O–H groups in total. The molecule has 34 heavy (non-hydrogen) atoms. The third-order valence-electron chi connectivity index (χ3n) is 6.30. The lowest BCUT2D eigenvalue weighted by molar-refractivity contribution is -0.137. The molecule has 1 aromatic heterocycles. The molecule has 3 aromatic rings. The van der Waals surface area contributed by atoms with Crippen molar-refractivity contribution in [3.8, 4) is 11.3 Å². The van der Waals surface area contributed by atoms with Gasteiger partial charge in [0.25, 0.3) is 0 Å². The van der Waals surface area contributed by atoms with Gasteiger partial charge in [0.05, 0.1) is 23.0 Å². The smallest absolute Gasteiger partial charge is 0.366 e. The molecule has 2 aliphatic heterocycles. The minimum Gasteiger partial charge on any atom is -0.366 e. The van der Waals surface area contributed by atoms with Gasteiger partial charge in [-0.15, -0.1) is 0 Å². The van der Waals surface area contributed by atoms with Crippen molar-refractivity contribution in [2.75, 3.05) is 28.2 Å². The first-order valence-electron chi connectivity index (χ1n) is 11.2. The zero-order valence-corrected chi connectivity index (χ0v) is 18.3. The van der Waals surface area contributed by atoms with Crippen LogP contribution in [0, 0.1) is 0 Å². The number of nitrogens with one attached hydrogen (secondary N) is 1. The number of pyridine rings is 1. The molecule has 2 aromatic carbocycles. The molecule has 0 unspecified atom stereocenters. The topological polar surface area (TPSA) is 74.5 Å². The fourth-order valence-electron chi connectivity index (χ4n) is 4.66. The Morgan fingerprint density at radius 1 is 1.12 bits per heavy atom. The van der Waals surface area contributed by atoms with Crippen molar-refractivity contribution in [1.29, 1.82) is 0 Å². The Labute approximate surface area is 195 Å². The average molecular weight is 467 g/mol. The number of carbonyl (C=O) groups is 1. The Morgan fingerprint density at radius 2 is 1.94 bits per heavy atom. The SMILES string of the molecule is NCc1cccc(NC(=O)N2c3nc(-c4cccc(C(F)(F)F)c4)ccc3N3CCC[C@H]2C3)c1. The van der Waals surface area contributed by atoms with Gasteiger partial charge in [-0.3, -0.25) is 4.90 Å². The average Bonchev–Trinajstić information content (AvgIpc) is 2.83. The van der Waals surface area contributed by atoms with E-state index in [4.69, 9.17) is 10.7 Å². The lowest BCUT2D eigenvalue weighted by Gasteiger charge is -2.45. The predicted octanol–water partition coefficient (Wildman–Crippen LogP) is 5.25. The molecule has 0 aliphatic carbocycles. The van der Waals surface area contributed by atoms with Crippen LogP contribution in [0.2, 0.25) is 0 Å². The van der Waals surface area contributed by atoms with E-state index in [9.17, 15) is 18.0 Å². The number of urea groups is 1. The van der Waals surface area contributed by atoms with Gasteiger partial charge < -0.3 is 16.0 Å². The molecule has 2 bridgehead atoms. The van der Waals surface area contributed by atoms with E-state index in [1.807, 2.05) is 24.3 Å². The van der Waals surface area contributed by atoms with E-state index in [1.165, 1.54) is 6.07 Å². The van der Waals surface area contributed by atoms with Crippen LogP contribution in [0.4, 0.5) is 35.2 Å². The van der Waals surface area contributed by atoms with Crippen molar-refractivity contribution >= 4 is 23.2 Å². The third kappa shape index (κ3) is 4.19. The van der Waals surface area contributed by atoms with Crippen LogP contribution in [-0.2, 0) is 12.7 Å². The number of halogens is 3. The lowest BCUT2D eigenvalue weighted by Crippen LogP contribution is -2.56. The Bertz CT molecular complexity index is 1230. The number of anilines is 3. The summed E-state index contributed by atoms with van der Waals surface area (Å²) in [5.74, 6) is 0.457. The highest BCUT2D eigenvalue weighted by atomic mass is 19.4.